The summed E-state index contributed by atoms with van der Waals surface area (Å²) in [6.07, 6.45) is 0. The van der Waals surface area contributed by atoms with Gasteiger partial charge in [0.1, 0.15) is 5.75 Å². The molecule has 1 aromatic carbocycles. The van der Waals surface area contributed by atoms with Crippen molar-refractivity contribution in [1.29, 1.82) is 0 Å². The fourth-order valence-corrected chi connectivity index (χ4v) is 1.86. The molecule has 1 rings (SSSR count). The molecule has 0 aromatic heterocycles. The van der Waals surface area contributed by atoms with E-state index in [0.717, 1.165) is 0 Å². The Kier molecular flexibility index (Phi) is 5.57. The first kappa shape index (κ1) is 17.3. The van der Waals surface area contributed by atoms with Crippen LogP contribution in [-0.2, 0) is 4.79 Å². The molecule has 0 radical (unpaired) electrons. The van der Waals surface area contributed by atoms with Crippen molar-refractivity contribution in [2.24, 2.45) is 0 Å². The maximum absolute atomic E-state index is 12.3. The van der Waals surface area contributed by atoms with Crippen molar-refractivity contribution in [2.75, 3.05) is 31.8 Å². The quantitative estimate of drug-likeness (QED) is 0.689. The molecule has 21 heavy (non-hydrogen) atoms. The highest BCUT2D eigenvalue weighted by Gasteiger charge is 2.30. The van der Waals surface area contributed by atoms with E-state index in [1.54, 1.807) is 32.2 Å². The van der Waals surface area contributed by atoms with Crippen molar-refractivity contribution in [1.82, 2.24) is 4.90 Å². The predicted octanol–water partition coefficient (Wildman–Crippen LogP) is 1.31. The van der Waals surface area contributed by atoms with Gasteiger partial charge < -0.3 is 20.9 Å². The van der Waals surface area contributed by atoms with Crippen molar-refractivity contribution < 1.29 is 14.6 Å². The highest BCUT2D eigenvalue weighted by atomic mass is 16.5. The second-order valence-electron chi connectivity index (χ2n) is 5.71. The zero-order chi connectivity index (χ0) is 16.2. The van der Waals surface area contributed by atoms with Crippen LogP contribution in [0.3, 0.4) is 0 Å². The van der Waals surface area contributed by atoms with E-state index in [1.807, 2.05) is 18.7 Å². The van der Waals surface area contributed by atoms with Crippen LogP contribution in [0.15, 0.2) is 18.2 Å². The number of carbonyl (C=O) groups excluding carboxylic acids is 1. The van der Waals surface area contributed by atoms with Crippen LogP contribution in [0.5, 0.6) is 5.75 Å². The minimum atomic E-state index is -0.484. The number of aliphatic hydroxyl groups is 1. The van der Waals surface area contributed by atoms with Gasteiger partial charge in [-0.15, -0.1) is 0 Å². The lowest BCUT2D eigenvalue weighted by Gasteiger charge is -2.37. The number of rotatable bonds is 6. The second kappa shape index (κ2) is 6.78. The van der Waals surface area contributed by atoms with Gasteiger partial charge in [-0.2, -0.15) is 0 Å². The van der Waals surface area contributed by atoms with Crippen LogP contribution in [0.1, 0.15) is 20.8 Å². The summed E-state index contributed by atoms with van der Waals surface area (Å²) in [6, 6.07) is 4.65. The number of nitrogen functional groups attached to an aromatic ring is 1. The number of hydrogen-bond donors (Lipinski definition) is 3. The highest BCUT2D eigenvalue weighted by molar-refractivity contribution is 5.96. The van der Waals surface area contributed by atoms with E-state index in [9.17, 15) is 9.90 Å². The van der Waals surface area contributed by atoms with Crippen LogP contribution in [0, 0.1) is 0 Å². The molecule has 0 saturated heterocycles. The van der Waals surface area contributed by atoms with Gasteiger partial charge in [0.05, 0.1) is 25.4 Å². The molecule has 0 bridgehead atoms. The molecule has 0 aliphatic heterocycles. The monoisotopic (exact) mass is 295 g/mol. The molecule has 4 N–H and O–H groups in total. The number of nitrogens with one attached hydrogen (secondary N) is 1. The summed E-state index contributed by atoms with van der Waals surface area (Å²) in [6.45, 7) is 5.50. The molecular weight excluding hydrogens is 270 g/mol. The zero-order valence-corrected chi connectivity index (χ0v) is 13.3. The molecule has 0 aliphatic carbocycles. The Balaban J connectivity index is 2.86. The largest absolute Gasteiger partial charge is 0.494 e. The number of ether oxygens (including phenoxy) is 1. The zero-order valence-electron chi connectivity index (χ0n) is 13.3. The summed E-state index contributed by atoms with van der Waals surface area (Å²) in [5.41, 5.74) is 6.34. The third-order valence-electron chi connectivity index (χ3n) is 3.79. The molecule has 0 heterocycles. The normalized spacial score (nSPS) is 13.1. The van der Waals surface area contributed by atoms with Gasteiger partial charge >= 0.3 is 0 Å². The van der Waals surface area contributed by atoms with E-state index in [1.165, 1.54) is 7.11 Å². The summed E-state index contributed by atoms with van der Waals surface area (Å²) >= 11 is 0. The van der Waals surface area contributed by atoms with Gasteiger partial charge in [0.25, 0.3) is 0 Å². The van der Waals surface area contributed by atoms with Crippen LogP contribution in [-0.4, -0.2) is 48.3 Å². The van der Waals surface area contributed by atoms with E-state index >= 15 is 0 Å². The highest BCUT2D eigenvalue weighted by Crippen LogP contribution is 2.27. The molecule has 1 unspecified atom stereocenters. The molecule has 1 atom stereocenters. The number of hydrogen-bond acceptors (Lipinski definition) is 5. The molecule has 6 nitrogen and oxygen atoms in total. The van der Waals surface area contributed by atoms with E-state index in [4.69, 9.17) is 10.5 Å². The third kappa shape index (κ3) is 4.09. The first-order chi connectivity index (χ1) is 9.72. The fourth-order valence-electron chi connectivity index (χ4n) is 1.86. The van der Waals surface area contributed by atoms with Gasteiger partial charge in [-0.1, -0.05) is 0 Å². The molecule has 0 fully saturated rings. The minimum Gasteiger partial charge on any atom is -0.494 e. The first-order valence-corrected chi connectivity index (χ1v) is 6.81. The summed E-state index contributed by atoms with van der Waals surface area (Å²) in [5.74, 6) is 0.335. The average Bonchev–Trinajstić information content (AvgIpc) is 2.47. The topological polar surface area (TPSA) is 87.8 Å². The molecule has 0 saturated carbocycles. The smallest absolute Gasteiger partial charge is 0.241 e. The molecule has 0 aliphatic rings. The summed E-state index contributed by atoms with van der Waals surface area (Å²) in [5, 5.41) is 12.2. The first-order valence-electron chi connectivity index (χ1n) is 6.81. The number of benzene rings is 1. The Morgan fingerprint density at radius 1 is 1.52 bits per heavy atom. The molecular formula is C15H25N3O3. The lowest BCUT2D eigenvalue weighted by atomic mass is 10.0. The maximum atomic E-state index is 12.3. The van der Waals surface area contributed by atoms with Crippen molar-refractivity contribution in [3.63, 3.8) is 0 Å². The molecule has 118 valence electrons. The molecule has 6 heteroatoms. The molecule has 1 amide bonds. The van der Waals surface area contributed by atoms with Crippen molar-refractivity contribution in [3.05, 3.63) is 18.2 Å². The number of anilines is 2. The van der Waals surface area contributed by atoms with Gasteiger partial charge in [0.2, 0.25) is 5.91 Å². The minimum absolute atomic E-state index is 0.0354. The van der Waals surface area contributed by atoms with Crippen LogP contribution in [0.25, 0.3) is 0 Å². The number of likely N-dealkylation sites (N-methyl/N-ethyl adjacent to an activating group) is 1. The van der Waals surface area contributed by atoms with Crippen LogP contribution in [0.4, 0.5) is 11.4 Å². The fraction of sp³-hybridized carbons (Fsp3) is 0.533. The van der Waals surface area contributed by atoms with Gasteiger partial charge in [-0.05, 0) is 40.0 Å². The summed E-state index contributed by atoms with van der Waals surface area (Å²) in [4.78, 5) is 14.2. The van der Waals surface area contributed by atoms with Gasteiger partial charge in [-0.25, -0.2) is 0 Å². The van der Waals surface area contributed by atoms with Crippen molar-refractivity contribution in [2.45, 2.75) is 32.4 Å². The van der Waals surface area contributed by atoms with Crippen molar-refractivity contribution >= 4 is 17.3 Å². The summed E-state index contributed by atoms with van der Waals surface area (Å²) < 4.78 is 5.21. The number of nitrogens with zero attached hydrogens (tertiary/aromatic N) is 1. The van der Waals surface area contributed by atoms with Crippen LogP contribution < -0.4 is 15.8 Å². The lowest BCUT2D eigenvalue weighted by molar-refractivity contribution is -0.122. The maximum Gasteiger partial charge on any atom is 0.241 e. The number of nitrogens with two attached hydrogens (primary N) is 1. The number of methoxy groups -OCH3 is 1. The van der Waals surface area contributed by atoms with Gasteiger partial charge in [0, 0.05) is 17.3 Å². The molecule has 1 aromatic rings. The Morgan fingerprint density at radius 3 is 2.67 bits per heavy atom. The van der Waals surface area contributed by atoms with Crippen LogP contribution in [0.2, 0.25) is 0 Å². The van der Waals surface area contributed by atoms with E-state index in [0.29, 0.717) is 17.1 Å². The third-order valence-corrected chi connectivity index (χ3v) is 3.79. The van der Waals surface area contributed by atoms with Crippen LogP contribution >= 0.6 is 0 Å². The Morgan fingerprint density at radius 2 is 2.14 bits per heavy atom. The van der Waals surface area contributed by atoms with E-state index in [2.05, 4.69) is 5.32 Å². The Hall–Kier alpha value is -1.79. The van der Waals surface area contributed by atoms with E-state index in [-0.39, 0.29) is 12.5 Å². The van der Waals surface area contributed by atoms with E-state index < -0.39 is 11.6 Å². The molecule has 0 spiro atoms. The number of aliphatic hydroxyl groups excluding tert-OH is 1. The summed E-state index contributed by atoms with van der Waals surface area (Å²) in [7, 11) is 3.33. The number of amides is 1. The van der Waals surface area contributed by atoms with Gasteiger partial charge in [0.15, 0.2) is 0 Å². The Bertz CT molecular complexity index is 503. The number of carbonyl (C=O) groups is 1. The second-order valence-corrected chi connectivity index (χ2v) is 5.71. The average molecular weight is 295 g/mol. The SMILES string of the molecule is COc1cc(N)ccc1NC(=O)C(C)N(C)C(C)(C)CO. The Labute approximate surface area is 125 Å². The predicted molar refractivity (Wildman–Crippen MR) is 84.4 cm³/mol. The lowest BCUT2D eigenvalue weighted by Crippen LogP contribution is -2.52. The van der Waals surface area contributed by atoms with Gasteiger partial charge in [-0.3, -0.25) is 9.69 Å². The standard InChI is InChI=1S/C15H25N3O3/c1-10(18(4)15(2,3)9-19)14(20)17-12-7-6-11(16)8-13(12)21-5/h6-8,10,19H,9,16H2,1-5H3,(H,17,20). The van der Waals surface area contributed by atoms with Crippen molar-refractivity contribution in [3.8, 4) is 5.75 Å².